The molecule has 2 radical (unpaired) electrons. The number of aromatic nitrogens is 12. The molecule has 130 heavy (non-hydrogen) atoms. The van der Waals surface area contributed by atoms with Gasteiger partial charge in [-0.25, -0.2) is 59.0 Å². The molecule has 0 saturated carbocycles. The number of rotatable bonds is 10. The number of ether oxygens (including phenoxy) is 6. The van der Waals surface area contributed by atoms with Crippen LogP contribution in [0.2, 0.25) is 10.3 Å². The first-order valence-electron chi connectivity index (χ1n) is 42.8. The van der Waals surface area contributed by atoms with Gasteiger partial charge in [-0.1, -0.05) is 85.6 Å². The van der Waals surface area contributed by atoms with Crippen LogP contribution in [0.15, 0.2) is 164 Å². The molecule has 4 amide bonds. The molecule has 4 aliphatic heterocycles. The predicted molar refractivity (Wildman–Crippen MR) is 537 cm³/mol. The SMILES string of the molecule is CC(C)(C)OC(=O)N1CCC(O)CC1.CC(C)(C)OC(=O)N1CCC(n2cc(-c3ccc(Oc4ccccc4)cc3)c3c(N)ncnc32)CC1.CC(C)(C)OC(=O)N1CCC(n2cc(I)c3c(Cl)ncnc32)CC1.CC(C)(C)OC(=O)N1CCC(n2cc(I)c3c(N)ncnc32)CC1.Clc1ncnc2[nH]cc(I)c12.O[B]Oc1ccc(Oc2ccccc2)cc1.[2H]CC.[B]=NS. The maximum absolute atomic E-state index is 12.5. The van der Waals surface area contributed by atoms with Gasteiger partial charge in [0.2, 0.25) is 0 Å². The van der Waals surface area contributed by atoms with Crippen LogP contribution in [0.5, 0.6) is 28.7 Å². The minimum atomic E-state index is -0.504. The van der Waals surface area contributed by atoms with Gasteiger partial charge in [0.25, 0.3) is 0 Å². The minimum absolute atomic E-state index is 0.190. The van der Waals surface area contributed by atoms with E-state index >= 15 is 0 Å². The van der Waals surface area contributed by atoms with Crippen molar-refractivity contribution in [3.8, 4) is 39.9 Å². The molecule has 0 bridgehead atoms. The number of aromatic amines is 1. The van der Waals surface area contributed by atoms with Crippen molar-refractivity contribution in [3.63, 3.8) is 0 Å². The number of halogens is 5. The number of aliphatic hydroxyl groups excluding tert-OH is 1. The summed E-state index contributed by atoms with van der Waals surface area (Å²) in [7, 11) is 4.98. The molecule has 0 atom stereocenters. The van der Waals surface area contributed by atoms with Gasteiger partial charge in [-0.15, -0.1) is 0 Å². The number of likely N-dealkylation sites (tertiary alicyclic amines) is 4. The van der Waals surface area contributed by atoms with E-state index < -0.39 is 22.4 Å². The molecule has 4 saturated heterocycles. The standard InChI is InChI=1S/C28H31N5O3.C16H20ClIN4O2.C16H22IN5O2.C12H10BO3.C10H19NO3.C6H3ClIN3.C2H6.BHNS/c1-28(2,3)36-27(34)32-15-13-20(14-16-32)33-17-23(24-25(29)30-18-31-26(24)33)19-9-11-22(12-10-19)35-21-7-5-4-6-8-21;1-16(2,3)24-15(23)21-6-4-10(5-7-21)22-8-11(18)12-13(17)19-9-20-14(12)22;1-16(2,3)24-15(23)21-6-4-10(5-7-21)22-8-11(17)12-13(18)19-9-20-14(12)22;14-13-16-12-8-6-11(7-9-12)15-10-4-2-1-3-5-10;1-10(2,3)14-9(13)11-6-4-8(12)5-7-11;7-5-4-3(8)1-9-6(4)11-2-10-5;1-2;1-2-3/h4-12,17-18,20H,13-16H2,1-3H3,(H2,29,30,31);8-10H,4-7H2,1-3H3;8-10H,4-7H2,1-3H3,(H2,18,19,20);1-9,14H;8,12H,4-7H2,1-3H3;1-2H,(H,9,10,11);1-2H3;3H/i;;;;;;1D;. The summed E-state index contributed by atoms with van der Waals surface area (Å²) in [6.07, 6.45) is 19.1. The Hall–Kier alpha value is -9.59. The van der Waals surface area contributed by atoms with Gasteiger partial charge >= 0.3 is 56.8 Å². The van der Waals surface area contributed by atoms with Crippen molar-refractivity contribution < 1.29 is 63.8 Å². The molecule has 12 heterocycles. The topological polar surface area (TPSA) is 384 Å². The van der Waals surface area contributed by atoms with Crippen molar-refractivity contribution in [3.05, 3.63) is 180 Å². The van der Waals surface area contributed by atoms with Gasteiger partial charge in [-0.2, -0.15) is 0 Å². The Bertz CT molecular complexity index is 5560. The van der Waals surface area contributed by atoms with Crippen LogP contribution in [-0.2, 0) is 18.9 Å². The van der Waals surface area contributed by atoms with E-state index in [4.69, 9.17) is 74.1 Å². The van der Waals surface area contributed by atoms with Gasteiger partial charge in [-0.05, 0) is 268 Å². The summed E-state index contributed by atoms with van der Waals surface area (Å²) < 4.78 is 56.5. The second kappa shape index (κ2) is 48.7. The van der Waals surface area contributed by atoms with E-state index in [1.165, 1.54) is 25.3 Å². The number of para-hydroxylation sites is 2. The second-order valence-corrected chi connectivity index (χ2v) is 38.4. The van der Waals surface area contributed by atoms with E-state index in [2.05, 4.69) is 170 Å². The van der Waals surface area contributed by atoms with E-state index in [0.29, 0.717) is 120 Å². The van der Waals surface area contributed by atoms with Crippen LogP contribution in [0, 0.1) is 10.7 Å². The van der Waals surface area contributed by atoms with Gasteiger partial charge in [0.05, 0.1) is 27.6 Å². The zero-order valence-electron chi connectivity index (χ0n) is 76.0. The number of nitrogens with zero attached hydrogens (tertiary/aromatic N) is 16. The number of nitrogens with one attached hydrogen (secondary N) is 1. The molecular weight excluding hydrogens is 2060 g/mol. The van der Waals surface area contributed by atoms with Crippen molar-refractivity contribution in [1.29, 1.82) is 0 Å². The average Bonchev–Trinajstić information content (AvgIpc) is 1.62. The quantitative estimate of drug-likeness (QED) is 0.0243. The molecule has 4 aromatic carbocycles. The van der Waals surface area contributed by atoms with Crippen LogP contribution >= 0.6 is 104 Å². The molecule has 12 aromatic rings. The first kappa shape index (κ1) is 103. The first-order chi connectivity index (χ1) is 62.2. The summed E-state index contributed by atoms with van der Waals surface area (Å²) in [5, 5.41) is 22.2. The fraction of sp³-hybridized carbons (Fsp3) is 0.422. The number of aliphatic hydroxyl groups is 1. The number of hydrogen-bond donors (Lipinski definition) is 6. The number of carbonyl (C=O) groups is 4. The molecule has 4 aliphatic rings. The molecule has 16 rings (SSSR count). The molecule has 4 fully saturated rings. The number of nitrogen functional groups attached to an aromatic ring is 2. The number of nitrogens with two attached hydrogens (primary N) is 2. The summed E-state index contributed by atoms with van der Waals surface area (Å²) in [6.45, 7) is 29.9. The third-order valence-electron chi connectivity index (χ3n) is 19.9. The zero-order valence-corrected chi connectivity index (χ0v) is 83.9. The summed E-state index contributed by atoms with van der Waals surface area (Å²) >= 11 is 21.9. The van der Waals surface area contributed by atoms with Gasteiger partial charge in [-0.3, -0.25) is 0 Å². The number of benzene rings is 4. The van der Waals surface area contributed by atoms with Crippen molar-refractivity contribution in [1.82, 2.24) is 78.2 Å². The Morgan fingerprint density at radius 3 is 1.18 bits per heavy atom. The van der Waals surface area contributed by atoms with Crippen LogP contribution in [0.25, 0.3) is 55.3 Å². The number of fused-ring (bicyclic) bond motifs is 4. The monoisotopic (exact) mass is 2170 g/mol. The van der Waals surface area contributed by atoms with Gasteiger partial charge < -0.3 is 93.0 Å². The number of carbonyl (C=O) groups excluding carboxylic acids is 4. The van der Waals surface area contributed by atoms with E-state index in [-0.39, 0.29) is 36.5 Å². The van der Waals surface area contributed by atoms with E-state index in [1.54, 1.807) is 50.8 Å². The van der Waals surface area contributed by atoms with Crippen molar-refractivity contribution in [2.24, 2.45) is 4.30 Å². The number of thiol groups is 1. The third-order valence-corrected chi connectivity index (χ3v) is 23.0. The summed E-state index contributed by atoms with van der Waals surface area (Å²) in [5.74, 6) is 4.56. The molecular formula is C90H112B2Cl2I3N19O13S. The molecule has 7 N–H and O–H groups in total. The Morgan fingerprint density at radius 1 is 0.477 bits per heavy atom. The molecule has 32 nitrogen and oxygen atoms in total. The molecule has 0 unspecified atom stereocenters. The average molecular weight is 2170 g/mol. The molecule has 0 aliphatic carbocycles. The van der Waals surface area contributed by atoms with Crippen LogP contribution in [0.3, 0.4) is 0 Å². The molecule has 692 valence electrons. The third kappa shape index (κ3) is 30.7. The number of hydrogen-bond acceptors (Lipinski definition) is 25. The Morgan fingerprint density at radius 2 is 0.792 bits per heavy atom. The fourth-order valence-electron chi connectivity index (χ4n) is 14.1. The second-order valence-electron chi connectivity index (χ2n) is 34.0. The first-order valence-corrected chi connectivity index (χ1v) is 46.5. The molecule has 8 aromatic heterocycles. The van der Waals surface area contributed by atoms with E-state index in [1.807, 2.05) is 174 Å². The van der Waals surface area contributed by atoms with Gasteiger partial charge in [0.1, 0.15) is 121 Å². The molecule has 0 spiro atoms. The fourth-order valence-corrected chi connectivity index (χ4v) is 17.1. The summed E-state index contributed by atoms with van der Waals surface area (Å²) in [6, 6.07) is 34.9. The van der Waals surface area contributed by atoms with Crippen molar-refractivity contribution in [2.45, 2.75) is 195 Å². The Labute approximate surface area is 817 Å². The van der Waals surface area contributed by atoms with Crippen LogP contribution < -0.4 is 25.6 Å². The van der Waals surface area contributed by atoms with E-state index in [9.17, 15) is 24.3 Å². The normalized spacial score (nSPS) is 14.6. The van der Waals surface area contributed by atoms with Gasteiger partial charge in [0.15, 0.2) is 0 Å². The number of amides is 4. The number of anilines is 2. The number of piperidine rings is 4. The molecule has 40 heteroatoms. The van der Waals surface area contributed by atoms with Crippen LogP contribution in [0.1, 0.15) is 168 Å². The predicted octanol–water partition coefficient (Wildman–Crippen LogP) is 20.7. The zero-order chi connectivity index (χ0) is 95.5. The van der Waals surface area contributed by atoms with Crippen LogP contribution in [0.4, 0.5) is 30.8 Å². The Kier molecular flexibility index (Phi) is 38.4. The van der Waals surface area contributed by atoms with Crippen LogP contribution in [-0.4, -0.2) is 209 Å². The van der Waals surface area contributed by atoms with Crippen molar-refractivity contribution in [2.75, 3.05) is 63.8 Å². The summed E-state index contributed by atoms with van der Waals surface area (Å²) in [4.78, 5) is 92.0. The van der Waals surface area contributed by atoms with E-state index in [0.717, 1.165) is 127 Å². The van der Waals surface area contributed by atoms with Crippen molar-refractivity contribution >= 4 is 199 Å². The maximum atomic E-state index is 12.5. The van der Waals surface area contributed by atoms with Gasteiger partial charge in [0, 0.05) is 113 Å². The summed E-state index contributed by atoms with van der Waals surface area (Å²) in [5.41, 5.74) is 15.7. The Balaban J connectivity index is 0.000000182. The number of H-pyrrole nitrogens is 1.